The third kappa shape index (κ3) is 4.27. The zero-order chi connectivity index (χ0) is 12.2. The molecule has 3 nitrogen and oxygen atoms in total. The summed E-state index contributed by atoms with van der Waals surface area (Å²) < 4.78 is 47.6. The Morgan fingerprint density at radius 3 is 2.56 bits per heavy atom. The summed E-state index contributed by atoms with van der Waals surface area (Å²) in [6.45, 7) is 1.86. The van der Waals surface area contributed by atoms with Gasteiger partial charge in [-0.2, -0.15) is 13.2 Å². The van der Waals surface area contributed by atoms with E-state index in [0.29, 0.717) is 6.61 Å². The van der Waals surface area contributed by atoms with Crippen LogP contribution in [-0.2, 0) is 9.47 Å². The Labute approximate surface area is 93.1 Å². The SMILES string of the molecule is CC(N)C(OCC1CCCCO1)C(F)(F)F. The minimum Gasteiger partial charge on any atom is -0.376 e. The maximum Gasteiger partial charge on any atom is 0.416 e. The van der Waals surface area contributed by atoms with Gasteiger partial charge in [-0.3, -0.25) is 0 Å². The molecule has 0 bridgehead atoms. The highest BCUT2D eigenvalue weighted by Crippen LogP contribution is 2.25. The molecule has 1 fully saturated rings. The van der Waals surface area contributed by atoms with E-state index in [-0.39, 0.29) is 12.7 Å². The maximum absolute atomic E-state index is 12.5. The number of alkyl halides is 3. The van der Waals surface area contributed by atoms with E-state index in [2.05, 4.69) is 0 Å². The zero-order valence-electron chi connectivity index (χ0n) is 9.30. The Hall–Kier alpha value is -0.330. The van der Waals surface area contributed by atoms with Gasteiger partial charge >= 0.3 is 6.18 Å². The number of nitrogens with two attached hydrogens (primary N) is 1. The molecule has 0 saturated carbocycles. The van der Waals surface area contributed by atoms with E-state index in [1.807, 2.05) is 0 Å². The van der Waals surface area contributed by atoms with E-state index in [1.54, 1.807) is 0 Å². The lowest BCUT2D eigenvalue weighted by atomic mass is 10.1. The first-order chi connectivity index (χ1) is 7.41. The summed E-state index contributed by atoms with van der Waals surface area (Å²) in [5.41, 5.74) is 5.25. The number of ether oxygens (including phenoxy) is 2. The van der Waals surface area contributed by atoms with Crippen LogP contribution < -0.4 is 5.73 Å². The van der Waals surface area contributed by atoms with Crippen molar-refractivity contribution in [2.24, 2.45) is 5.73 Å². The van der Waals surface area contributed by atoms with E-state index in [4.69, 9.17) is 15.2 Å². The van der Waals surface area contributed by atoms with Gasteiger partial charge < -0.3 is 15.2 Å². The third-order valence-corrected chi connectivity index (χ3v) is 2.54. The van der Waals surface area contributed by atoms with Crippen molar-refractivity contribution < 1.29 is 22.6 Å². The van der Waals surface area contributed by atoms with Gasteiger partial charge in [0.25, 0.3) is 0 Å². The van der Waals surface area contributed by atoms with Crippen LogP contribution in [0.1, 0.15) is 26.2 Å². The molecule has 0 aromatic heterocycles. The van der Waals surface area contributed by atoms with Crippen molar-refractivity contribution in [3.63, 3.8) is 0 Å². The Morgan fingerprint density at radius 2 is 2.12 bits per heavy atom. The summed E-state index contributed by atoms with van der Waals surface area (Å²) in [4.78, 5) is 0. The fourth-order valence-electron chi connectivity index (χ4n) is 1.69. The van der Waals surface area contributed by atoms with Crippen molar-refractivity contribution in [2.45, 2.75) is 50.6 Å². The Kier molecular flexibility index (Phi) is 5.01. The molecular formula is C10H18F3NO2. The van der Waals surface area contributed by atoms with Gasteiger partial charge in [0.1, 0.15) is 0 Å². The Balaban J connectivity index is 2.37. The predicted molar refractivity (Wildman–Crippen MR) is 53.0 cm³/mol. The summed E-state index contributed by atoms with van der Waals surface area (Å²) in [5, 5.41) is 0. The van der Waals surface area contributed by atoms with Crippen molar-refractivity contribution in [3.05, 3.63) is 0 Å². The fourth-order valence-corrected chi connectivity index (χ4v) is 1.69. The standard InChI is InChI=1S/C10H18F3NO2/c1-7(14)9(10(11,12)13)16-6-8-4-2-3-5-15-8/h7-9H,2-6,14H2,1H3. The van der Waals surface area contributed by atoms with Crippen LogP contribution >= 0.6 is 0 Å². The predicted octanol–water partition coefficient (Wildman–Crippen LogP) is 1.85. The van der Waals surface area contributed by atoms with Gasteiger partial charge in [0.2, 0.25) is 0 Å². The van der Waals surface area contributed by atoms with Crippen molar-refractivity contribution in [1.82, 2.24) is 0 Å². The molecule has 0 spiro atoms. The summed E-state index contributed by atoms with van der Waals surface area (Å²) in [5.74, 6) is 0. The fraction of sp³-hybridized carbons (Fsp3) is 1.00. The largest absolute Gasteiger partial charge is 0.416 e. The first-order valence-electron chi connectivity index (χ1n) is 5.46. The van der Waals surface area contributed by atoms with Crippen LogP contribution in [0.2, 0.25) is 0 Å². The van der Waals surface area contributed by atoms with E-state index >= 15 is 0 Å². The van der Waals surface area contributed by atoms with Crippen LogP contribution in [0.4, 0.5) is 13.2 Å². The lowest BCUT2D eigenvalue weighted by Gasteiger charge is -2.28. The average molecular weight is 241 g/mol. The van der Waals surface area contributed by atoms with Crippen LogP contribution in [0, 0.1) is 0 Å². The molecule has 0 radical (unpaired) electrons. The number of rotatable bonds is 4. The van der Waals surface area contributed by atoms with E-state index in [0.717, 1.165) is 19.3 Å². The molecule has 1 rings (SSSR count). The third-order valence-electron chi connectivity index (χ3n) is 2.54. The number of halogens is 3. The smallest absolute Gasteiger partial charge is 0.376 e. The lowest BCUT2D eigenvalue weighted by molar-refractivity contribution is -0.232. The molecule has 0 aliphatic carbocycles. The minimum absolute atomic E-state index is 0.0360. The van der Waals surface area contributed by atoms with E-state index in [9.17, 15) is 13.2 Å². The quantitative estimate of drug-likeness (QED) is 0.817. The highest BCUT2D eigenvalue weighted by atomic mass is 19.4. The van der Waals surface area contributed by atoms with E-state index in [1.165, 1.54) is 6.92 Å². The van der Waals surface area contributed by atoms with Crippen LogP contribution in [0.3, 0.4) is 0 Å². The van der Waals surface area contributed by atoms with Crippen LogP contribution in [-0.4, -0.2) is 37.6 Å². The molecule has 2 N–H and O–H groups in total. The summed E-state index contributed by atoms with van der Waals surface area (Å²) in [6.07, 6.45) is -3.85. The Morgan fingerprint density at radius 1 is 1.44 bits per heavy atom. The van der Waals surface area contributed by atoms with Gasteiger partial charge in [0, 0.05) is 12.6 Å². The second-order valence-electron chi connectivity index (χ2n) is 4.14. The second kappa shape index (κ2) is 5.84. The topological polar surface area (TPSA) is 44.5 Å². The van der Waals surface area contributed by atoms with Gasteiger partial charge in [-0.1, -0.05) is 0 Å². The van der Waals surface area contributed by atoms with Gasteiger partial charge in [-0.15, -0.1) is 0 Å². The van der Waals surface area contributed by atoms with Gasteiger partial charge in [0.05, 0.1) is 12.7 Å². The first-order valence-corrected chi connectivity index (χ1v) is 5.46. The van der Waals surface area contributed by atoms with Gasteiger partial charge in [-0.25, -0.2) is 0 Å². The summed E-state index contributed by atoms with van der Waals surface area (Å²) in [7, 11) is 0. The highest BCUT2D eigenvalue weighted by Gasteiger charge is 2.43. The molecule has 16 heavy (non-hydrogen) atoms. The molecule has 1 aliphatic rings. The lowest BCUT2D eigenvalue weighted by Crippen LogP contribution is -2.46. The average Bonchev–Trinajstić information content (AvgIpc) is 2.17. The summed E-state index contributed by atoms with van der Waals surface area (Å²) >= 11 is 0. The zero-order valence-corrected chi connectivity index (χ0v) is 9.30. The molecule has 0 amide bonds. The van der Waals surface area contributed by atoms with Crippen molar-refractivity contribution in [2.75, 3.05) is 13.2 Å². The molecule has 3 unspecified atom stereocenters. The maximum atomic E-state index is 12.5. The molecular weight excluding hydrogens is 223 g/mol. The van der Waals surface area contributed by atoms with Gasteiger partial charge in [0.15, 0.2) is 6.10 Å². The molecule has 1 saturated heterocycles. The second-order valence-corrected chi connectivity index (χ2v) is 4.14. The molecule has 96 valence electrons. The van der Waals surface area contributed by atoms with E-state index < -0.39 is 18.3 Å². The minimum atomic E-state index is -4.41. The number of hydrogen-bond acceptors (Lipinski definition) is 3. The van der Waals surface area contributed by atoms with Gasteiger partial charge in [-0.05, 0) is 26.2 Å². The molecule has 0 aromatic rings. The summed E-state index contributed by atoms with van der Waals surface area (Å²) in [6, 6.07) is -1.07. The van der Waals surface area contributed by atoms with Crippen LogP contribution in [0.15, 0.2) is 0 Å². The molecule has 0 aromatic carbocycles. The molecule has 1 heterocycles. The molecule has 6 heteroatoms. The number of hydrogen-bond donors (Lipinski definition) is 1. The first kappa shape index (κ1) is 13.7. The van der Waals surface area contributed by atoms with Crippen LogP contribution in [0.5, 0.6) is 0 Å². The molecule has 3 atom stereocenters. The van der Waals surface area contributed by atoms with Crippen LogP contribution in [0.25, 0.3) is 0 Å². The molecule has 1 aliphatic heterocycles. The van der Waals surface area contributed by atoms with Crippen molar-refractivity contribution in [3.8, 4) is 0 Å². The van der Waals surface area contributed by atoms with Crippen molar-refractivity contribution >= 4 is 0 Å². The highest BCUT2D eigenvalue weighted by molar-refractivity contribution is 4.77. The monoisotopic (exact) mass is 241 g/mol. The Bertz CT molecular complexity index is 203. The normalized spacial score (nSPS) is 26.4. The van der Waals surface area contributed by atoms with Crippen molar-refractivity contribution in [1.29, 1.82) is 0 Å².